The standard InChI is InChI=1S/C14H17N3O/c1-9-7-5-6-8-12(9)18-14-10(2)13(15-4)16-11(3)17-14/h5-8H,1-4H3,(H,15,16,17). The molecule has 0 atom stereocenters. The second-order valence-electron chi connectivity index (χ2n) is 4.17. The highest BCUT2D eigenvalue weighted by atomic mass is 16.5. The van der Waals surface area contributed by atoms with Crippen molar-refractivity contribution < 1.29 is 4.74 Å². The summed E-state index contributed by atoms with van der Waals surface area (Å²) in [5.41, 5.74) is 1.99. The van der Waals surface area contributed by atoms with Crippen molar-refractivity contribution in [3.05, 3.63) is 41.2 Å². The summed E-state index contributed by atoms with van der Waals surface area (Å²) >= 11 is 0. The monoisotopic (exact) mass is 243 g/mol. The molecule has 0 radical (unpaired) electrons. The molecule has 1 N–H and O–H groups in total. The summed E-state index contributed by atoms with van der Waals surface area (Å²) in [6, 6.07) is 7.88. The second kappa shape index (κ2) is 5.04. The summed E-state index contributed by atoms with van der Waals surface area (Å²) in [4.78, 5) is 8.66. The van der Waals surface area contributed by atoms with Gasteiger partial charge < -0.3 is 10.1 Å². The van der Waals surface area contributed by atoms with Crippen LogP contribution in [-0.4, -0.2) is 17.0 Å². The molecule has 1 aromatic carbocycles. The van der Waals surface area contributed by atoms with Gasteiger partial charge in [0.25, 0.3) is 0 Å². The van der Waals surface area contributed by atoms with E-state index in [1.54, 1.807) is 0 Å². The molecule has 94 valence electrons. The molecule has 2 rings (SSSR count). The Bertz CT molecular complexity index is 567. The van der Waals surface area contributed by atoms with Gasteiger partial charge in [-0.1, -0.05) is 18.2 Å². The highest BCUT2D eigenvalue weighted by Gasteiger charge is 2.11. The zero-order valence-electron chi connectivity index (χ0n) is 11.1. The summed E-state index contributed by atoms with van der Waals surface area (Å²) < 4.78 is 5.87. The SMILES string of the molecule is CNc1nc(C)nc(Oc2ccccc2C)c1C. The first-order valence-electron chi connectivity index (χ1n) is 5.88. The van der Waals surface area contributed by atoms with E-state index in [2.05, 4.69) is 15.3 Å². The minimum atomic E-state index is 0.598. The molecule has 0 bridgehead atoms. The van der Waals surface area contributed by atoms with Gasteiger partial charge in [-0.15, -0.1) is 0 Å². The smallest absolute Gasteiger partial charge is 0.227 e. The average Bonchev–Trinajstić information content (AvgIpc) is 2.36. The van der Waals surface area contributed by atoms with Gasteiger partial charge in [-0.3, -0.25) is 0 Å². The Morgan fingerprint density at radius 1 is 1.06 bits per heavy atom. The third kappa shape index (κ3) is 2.42. The number of hydrogen-bond acceptors (Lipinski definition) is 4. The molecule has 0 saturated carbocycles. The predicted octanol–water partition coefficient (Wildman–Crippen LogP) is 3.24. The zero-order valence-corrected chi connectivity index (χ0v) is 11.1. The molecule has 0 aliphatic carbocycles. The molecule has 1 heterocycles. The van der Waals surface area contributed by atoms with Gasteiger partial charge in [0.15, 0.2) is 0 Å². The topological polar surface area (TPSA) is 47.0 Å². The lowest BCUT2D eigenvalue weighted by molar-refractivity contribution is 0.453. The largest absolute Gasteiger partial charge is 0.438 e. The first-order chi connectivity index (χ1) is 8.61. The first-order valence-corrected chi connectivity index (χ1v) is 5.88. The van der Waals surface area contributed by atoms with Gasteiger partial charge in [0.2, 0.25) is 5.88 Å². The van der Waals surface area contributed by atoms with Crippen molar-refractivity contribution in [1.82, 2.24) is 9.97 Å². The maximum Gasteiger partial charge on any atom is 0.227 e. The number of rotatable bonds is 3. The fraction of sp³-hybridized carbons (Fsp3) is 0.286. The van der Waals surface area contributed by atoms with Crippen molar-refractivity contribution in [1.29, 1.82) is 0 Å². The molecule has 0 spiro atoms. The lowest BCUT2D eigenvalue weighted by Crippen LogP contribution is -2.03. The minimum Gasteiger partial charge on any atom is -0.438 e. The van der Waals surface area contributed by atoms with Gasteiger partial charge in [0.05, 0.1) is 5.56 Å². The van der Waals surface area contributed by atoms with E-state index < -0.39 is 0 Å². The van der Waals surface area contributed by atoms with Crippen molar-refractivity contribution >= 4 is 5.82 Å². The molecule has 4 nitrogen and oxygen atoms in total. The van der Waals surface area contributed by atoms with Crippen molar-refractivity contribution in [3.8, 4) is 11.6 Å². The Labute approximate surface area is 107 Å². The van der Waals surface area contributed by atoms with Crippen LogP contribution in [-0.2, 0) is 0 Å². The third-order valence-electron chi connectivity index (χ3n) is 2.75. The number of anilines is 1. The number of hydrogen-bond donors (Lipinski definition) is 1. The third-order valence-corrected chi connectivity index (χ3v) is 2.75. The molecule has 0 unspecified atom stereocenters. The molecule has 0 aliphatic heterocycles. The van der Waals surface area contributed by atoms with Crippen molar-refractivity contribution in [2.45, 2.75) is 20.8 Å². The molecule has 18 heavy (non-hydrogen) atoms. The van der Waals surface area contributed by atoms with Crippen LogP contribution in [0.1, 0.15) is 17.0 Å². The van der Waals surface area contributed by atoms with E-state index >= 15 is 0 Å². The molecule has 1 aromatic heterocycles. The zero-order chi connectivity index (χ0) is 13.1. The Kier molecular flexibility index (Phi) is 3.46. The molecular formula is C14H17N3O. The summed E-state index contributed by atoms with van der Waals surface area (Å²) in [5, 5.41) is 3.05. The Hall–Kier alpha value is -2.10. The quantitative estimate of drug-likeness (QED) is 0.899. The fourth-order valence-corrected chi connectivity index (χ4v) is 1.72. The maximum atomic E-state index is 5.87. The van der Waals surface area contributed by atoms with E-state index in [4.69, 9.17) is 4.74 Å². The van der Waals surface area contributed by atoms with Crippen LogP contribution in [0.2, 0.25) is 0 Å². The van der Waals surface area contributed by atoms with Gasteiger partial charge in [0.1, 0.15) is 17.4 Å². The normalized spacial score (nSPS) is 10.2. The van der Waals surface area contributed by atoms with E-state index in [0.29, 0.717) is 11.7 Å². The Morgan fingerprint density at radius 2 is 1.78 bits per heavy atom. The number of nitrogens with one attached hydrogen (secondary N) is 1. The van der Waals surface area contributed by atoms with Crippen LogP contribution in [0.4, 0.5) is 5.82 Å². The number of ether oxygens (including phenoxy) is 1. The van der Waals surface area contributed by atoms with Crippen molar-refractivity contribution in [3.63, 3.8) is 0 Å². The van der Waals surface area contributed by atoms with E-state index in [0.717, 1.165) is 22.7 Å². The number of aryl methyl sites for hydroxylation is 2. The molecule has 0 saturated heterocycles. The molecule has 0 fully saturated rings. The predicted molar refractivity (Wildman–Crippen MR) is 72.3 cm³/mol. The van der Waals surface area contributed by atoms with Gasteiger partial charge in [-0.2, -0.15) is 4.98 Å². The van der Waals surface area contributed by atoms with E-state index in [1.165, 1.54) is 0 Å². The Balaban J connectivity index is 2.40. The molecular weight excluding hydrogens is 226 g/mol. The van der Waals surface area contributed by atoms with Gasteiger partial charge in [-0.05, 0) is 32.4 Å². The molecule has 0 amide bonds. The van der Waals surface area contributed by atoms with Crippen molar-refractivity contribution in [2.24, 2.45) is 0 Å². The summed E-state index contributed by atoms with van der Waals surface area (Å²) in [6.45, 7) is 5.81. The molecule has 2 aromatic rings. The van der Waals surface area contributed by atoms with Crippen LogP contribution in [0.3, 0.4) is 0 Å². The van der Waals surface area contributed by atoms with Crippen LogP contribution in [0.25, 0.3) is 0 Å². The van der Waals surface area contributed by atoms with Crippen molar-refractivity contribution in [2.75, 3.05) is 12.4 Å². The number of aromatic nitrogens is 2. The first kappa shape index (κ1) is 12.4. The summed E-state index contributed by atoms with van der Waals surface area (Å²) in [5.74, 6) is 2.90. The van der Waals surface area contributed by atoms with Crippen LogP contribution in [0, 0.1) is 20.8 Å². The second-order valence-corrected chi connectivity index (χ2v) is 4.17. The lowest BCUT2D eigenvalue weighted by Gasteiger charge is -2.12. The fourth-order valence-electron chi connectivity index (χ4n) is 1.72. The Morgan fingerprint density at radius 3 is 2.44 bits per heavy atom. The number of nitrogens with zero attached hydrogens (tertiary/aromatic N) is 2. The highest BCUT2D eigenvalue weighted by molar-refractivity contribution is 5.49. The van der Waals surface area contributed by atoms with Gasteiger partial charge in [-0.25, -0.2) is 4.98 Å². The van der Waals surface area contributed by atoms with Crippen LogP contribution < -0.4 is 10.1 Å². The number of para-hydroxylation sites is 1. The van der Waals surface area contributed by atoms with Gasteiger partial charge in [0, 0.05) is 7.05 Å². The maximum absolute atomic E-state index is 5.87. The van der Waals surface area contributed by atoms with E-state index in [-0.39, 0.29) is 0 Å². The molecule has 0 aliphatic rings. The van der Waals surface area contributed by atoms with E-state index in [9.17, 15) is 0 Å². The minimum absolute atomic E-state index is 0.598. The average molecular weight is 243 g/mol. The number of benzene rings is 1. The van der Waals surface area contributed by atoms with Gasteiger partial charge >= 0.3 is 0 Å². The van der Waals surface area contributed by atoms with E-state index in [1.807, 2.05) is 52.1 Å². The molecule has 4 heteroatoms. The van der Waals surface area contributed by atoms with Crippen LogP contribution >= 0.6 is 0 Å². The highest BCUT2D eigenvalue weighted by Crippen LogP contribution is 2.28. The van der Waals surface area contributed by atoms with Crippen LogP contribution in [0.5, 0.6) is 11.6 Å². The summed E-state index contributed by atoms with van der Waals surface area (Å²) in [7, 11) is 1.84. The lowest BCUT2D eigenvalue weighted by atomic mass is 10.2. The van der Waals surface area contributed by atoms with Crippen LogP contribution in [0.15, 0.2) is 24.3 Å². The summed E-state index contributed by atoms with van der Waals surface area (Å²) in [6.07, 6.45) is 0.